The Hall–Kier alpha value is -4.84. The summed E-state index contributed by atoms with van der Waals surface area (Å²) in [5.41, 5.74) is 1.56. The molecule has 1 unspecified atom stereocenters. The second-order valence-electron chi connectivity index (χ2n) is 9.24. The lowest BCUT2D eigenvalue weighted by Crippen LogP contribution is -2.37. The molecule has 0 radical (unpaired) electrons. The minimum absolute atomic E-state index is 0.0786. The van der Waals surface area contributed by atoms with Gasteiger partial charge in [-0.25, -0.2) is 9.59 Å². The molecule has 2 aliphatic rings. The van der Waals surface area contributed by atoms with E-state index in [4.69, 9.17) is 4.74 Å². The van der Waals surface area contributed by atoms with Crippen LogP contribution in [0.25, 0.3) is 32.7 Å². The van der Waals surface area contributed by atoms with Crippen molar-refractivity contribution >= 4 is 33.5 Å². The van der Waals surface area contributed by atoms with Crippen molar-refractivity contribution in [3.63, 3.8) is 0 Å². The molecule has 6 nitrogen and oxygen atoms in total. The van der Waals surface area contributed by atoms with E-state index in [-0.39, 0.29) is 16.9 Å². The molecule has 3 N–H and O–H groups in total. The van der Waals surface area contributed by atoms with Gasteiger partial charge in [0.05, 0.1) is 11.1 Å². The fourth-order valence-electron chi connectivity index (χ4n) is 6.13. The van der Waals surface area contributed by atoms with Crippen LogP contribution in [0.3, 0.4) is 0 Å². The zero-order valence-electron chi connectivity index (χ0n) is 19.0. The lowest BCUT2D eigenvalue weighted by atomic mass is 9.76. The number of esters is 1. The summed E-state index contributed by atoms with van der Waals surface area (Å²) in [4.78, 5) is 25.6. The molecule has 1 spiro atoms. The van der Waals surface area contributed by atoms with E-state index in [1.54, 1.807) is 31.2 Å². The first-order valence-electron chi connectivity index (χ1n) is 11.5. The van der Waals surface area contributed by atoms with Gasteiger partial charge in [-0.05, 0) is 46.5 Å². The number of carbonyl (C=O) groups excluding carboxylic acids is 1. The van der Waals surface area contributed by atoms with Gasteiger partial charge in [0.2, 0.25) is 0 Å². The Morgan fingerprint density at radius 1 is 0.806 bits per heavy atom. The highest BCUT2D eigenvalue weighted by Crippen LogP contribution is 2.63. The molecule has 0 fully saturated rings. The molecule has 0 saturated heterocycles. The fraction of sp³-hybridized carbons (Fsp3) is 0.0667. The van der Waals surface area contributed by atoms with E-state index in [1.807, 2.05) is 42.5 Å². The zero-order chi connectivity index (χ0) is 24.9. The number of carboxylic acids is 1. The summed E-state index contributed by atoms with van der Waals surface area (Å²) in [6.45, 7) is 1.77. The van der Waals surface area contributed by atoms with Crippen LogP contribution < -0.4 is 0 Å². The van der Waals surface area contributed by atoms with Gasteiger partial charge in [-0.3, -0.25) is 0 Å². The minimum atomic E-state index is -1.62. The highest BCUT2D eigenvalue weighted by atomic mass is 16.6. The highest BCUT2D eigenvalue weighted by molar-refractivity contribution is 6.13. The predicted molar refractivity (Wildman–Crippen MR) is 134 cm³/mol. The Labute approximate surface area is 204 Å². The maximum atomic E-state index is 13.6. The lowest BCUT2D eigenvalue weighted by molar-refractivity contribution is 0.0139. The molecule has 1 atom stereocenters. The van der Waals surface area contributed by atoms with Crippen LogP contribution >= 0.6 is 0 Å². The second-order valence-corrected chi connectivity index (χ2v) is 9.24. The van der Waals surface area contributed by atoms with Crippen molar-refractivity contribution in [1.29, 1.82) is 0 Å². The summed E-state index contributed by atoms with van der Waals surface area (Å²) in [5.74, 6) is -2.27. The van der Waals surface area contributed by atoms with Gasteiger partial charge in [0.1, 0.15) is 17.1 Å². The molecule has 0 bridgehead atoms. The molecule has 1 aliphatic heterocycles. The van der Waals surface area contributed by atoms with Crippen LogP contribution in [0.4, 0.5) is 0 Å². The molecule has 174 valence electrons. The Bertz CT molecular complexity index is 1850. The molecule has 5 aromatic rings. The number of hydrogen-bond acceptors (Lipinski definition) is 5. The van der Waals surface area contributed by atoms with Crippen molar-refractivity contribution in [3.05, 3.63) is 106 Å². The number of aromatic hydroxyl groups is 2. The number of benzene rings is 5. The van der Waals surface area contributed by atoms with Crippen LogP contribution in [-0.2, 0) is 10.3 Å². The van der Waals surface area contributed by atoms with Crippen LogP contribution in [0.15, 0.2) is 72.8 Å². The van der Waals surface area contributed by atoms with Gasteiger partial charge in [-0.1, -0.05) is 60.7 Å². The molecule has 0 amide bonds. The number of carboxylic acid groups (broad SMARTS) is 1. The molecule has 6 heteroatoms. The summed E-state index contributed by atoms with van der Waals surface area (Å²) in [5, 5.41) is 35.2. The first-order chi connectivity index (χ1) is 17.4. The maximum absolute atomic E-state index is 13.6. The van der Waals surface area contributed by atoms with E-state index in [1.165, 1.54) is 6.07 Å². The van der Waals surface area contributed by atoms with Crippen molar-refractivity contribution in [2.45, 2.75) is 12.5 Å². The molecule has 7 rings (SSSR count). The van der Waals surface area contributed by atoms with E-state index in [0.29, 0.717) is 49.5 Å². The quantitative estimate of drug-likeness (QED) is 0.263. The molecule has 1 aliphatic carbocycles. The SMILES string of the molecule is Cc1c2c(c3ccccc3c1O)C1(OC(=O)c3cccc4cccc1c34)c1c-2ccc(C(=O)O)c1O. The Balaban J connectivity index is 1.79. The number of aromatic carboxylic acids is 1. The number of ether oxygens (including phenoxy) is 1. The van der Waals surface area contributed by atoms with Gasteiger partial charge in [-0.15, -0.1) is 0 Å². The Morgan fingerprint density at radius 2 is 1.53 bits per heavy atom. The van der Waals surface area contributed by atoms with Crippen molar-refractivity contribution in [3.8, 4) is 22.6 Å². The number of phenols is 2. The normalized spacial score (nSPS) is 17.3. The smallest absolute Gasteiger partial charge is 0.340 e. The number of hydrogen-bond donors (Lipinski definition) is 3. The highest BCUT2D eigenvalue weighted by Gasteiger charge is 2.55. The van der Waals surface area contributed by atoms with E-state index < -0.39 is 23.3 Å². The number of rotatable bonds is 1. The minimum Gasteiger partial charge on any atom is -0.507 e. The number of fused-ring (bicyclic) bond motifs is 8. The van der Waals surface area contributed by atoms with E-state index in [2.05, 4.69) is 0 Å². The van der Waals surface area contributed by atoms with Gasteiger partial charge in [-0.2, -0.15) is 0 Å². The summed E-state index contributed by atoms with van der Waals surface area (Å²) in [6, 6.07) is 21.2. The molecular formula is C30H18O6. The van der Waals surface area contributed by atoms with Crippen molar-refractivity contribution in [1.82, 2.24) is 0 Å². The predicted octanol–water partition coefficient (Wildman–Crippen LogP) is 5.85. The first-order valence-corrected chi connectivity index (χ1v) is 11.5. The van der Waals surface area contributed by atoms with Crippen LogP contribution in [-0.4, -0.2) is 27.3 Å². The van der Waals surface area contributed by atoms with Crippen LogP contribution in [0.2, 0.25) is 0 Å². The van der Waals surface area contributed by atoms with Crippen molar-refractivity contribution in [2.24, 2.45) is 0 Å². The van der Waals surface area contributed by atoms with Gasteiger partial charge in [0.15, 0.2) is 5.60 Å². The van der Waals surface area contributed by atoms with Crippen LogP contribution in [0.5, 0.6) is 11.5 Å². The van der Waals surface area contributed by atoms with Crippen molar-refractivity contribution < 1.29 is 29.6 Å². The molecule has 36 heavy (non-hydrogen) atoms. The monoisotopic (exact) mass is 474 g/mol. The standard InChI is InChI=1S/C30H18O6/c1-14-22-18-12-13-20(28(33)34)27(32)25(18)30(24(22)16-8-2-3-9-17(16)26(14)31)21-11-5-7-15-6-4-10-19(23(15)21)29(35)36-30/h2-13,31-32H,1H3,(H,33,34). The fourth-order valence-corrected chi connectivity index (χ4v) is 6.13. The average Bonchev–Trinajstić information content (AvgIpc) is 3.17. The largest absolute Gasteiger partial charge is 0.507 e. The zero-order valence-corrected chi connectivity index (χ0v) is 19.0. The summed E-state index contributed by atoms with van der Waals surface area (Å²) < 4.78 is 6.35. The van der Waals surface area contributed by atoms with Crippen molar-refractivity contribution in [2.75, 3.05) is 0 Å². The maximum Gasteiger partial charge on any atom is 0.340 e. The third-order valence-electron chi connectivity index (χ3n) is 7.56. The van der Waals surface area contributed by atoms with E-state index >= 15 is 0 Å². The van der Waals surface area contributed by atoms with Gasteiger partial charge in [0.25, 0.3) is 0 Å². The third-order valence-corrected chi connectivity index (χ3v) is 7.56. The molecule has 1 heterocycles. The topological polar surface area (TPSA) is 104 Å². The van der Waals surface area contributed by atoms with E-state index in [0.717, 1.165) is 5.39 Å². The lowest BCUT2D eigenvalue weighted by Gasteiger charge is -2.38. The van der Waals surface area contributed by atoms with Crippen LogP contribution in [0.1, 0.15) is 43.0 Å². The summed E-state index contributed by atoms with van der Waals surface area (Å²) >= 11 is 0. The Morgan fingerprint density at radius 3 is 2.28 bits per heavy atom. The number of carbonyl (C=O) groups is 2. The number of phenolic OH excluding ortho intramolecular Hbond substituents is 1. The molecular weight excluding hydrogens is 456 g/mol. The Kier molecular flexibility index (Phi) is 3.78. The first kappa shape index (κ1) is 20.5. The molecule has 0 aromatic heterocycles. The van der Waals surface area contributed by atoms with Gasteiger partial charge in [0, 0.05) is 21.9 Å². The van der Waals surface area contributed by atoms with Gasteiger partial charge < -0.3 is 20.1 Å². The second kappa shape index (κ2) is 6.64. The third kappa shape index (κ3) is 2.22. The average molecular weight is 474 g/mol. The van der Waals surface area contributed by atoms with Crippen LogP contribution in [0, 0.1) is 6.92 Å². The molecule has 5 aromatic carbocycles. The van der Waals surface area contributed by atoms with Gasteiger partial charge >= 0.3 is 11.9 Å². The summed E-state index contributed by atoms with van der Waals surface area (Å²) in [6.07, 6.45) is 0. The molecule has 0 saturated carbocycles. The summed E-state index contributed by atoms with van der Waals surface area (Å²) in [7, 11) is 0. The van der Waals surface area contributed by atoms with E-state index in [9.17, 15) is 24.9 Å².